The van der Waals surface area contributed by atoms with Gasteiger partial charge in [0, 0.05) is 25.5 Å². The van der Waals surface area contributed by atoms with Crippen molar-refractivity contribution in [2.45, 2.75) is 0 Å². The number of hydrogen-bond acceptors (Lipinski definition) is 4. The average molecular weight is 213 g/mol. The van der Waals surface area contributed by atoms with Crippen molar-refractivity contribution in [3.63, 3.8) is 0 Å². The lowest BCUT2D eigenvalue weighted by molar-refractivity contribution is 0.0781. The van der Waals surface area contributed by atoms with Crippen LogP contribution in [0.25, 0.3) is 0 Å². The largest absolute Gasteiger partial charge is 0.339 e. The summed E-state index contributed by atoms with van der Waals surface area (Å²) in [7, 11) is 5.77. The molecule has 0 fully saturated rings. The van der Waals surface area contributed by atoms with E-state index in [1.54, 1.807) is 22.8 Å². The van der Waals surface area contributed by atoms with Crippen molar-refractivity contribution in [3.8, 4) is 0 Å². The number of carbonyl (C=O) groups excluding carboxylic acids is 1. The lowest BCUT2D eigenvalue weighted by atomic mass is 10.4. The standard InChI is InChI=1S/C9H15N3OS/c1-11(2)4-5-12(3)9(13)8-6-14-7-10-8/h6-7H,4-5H2,1-3H3. The summed E-state index contributed by atoms with van der Waals surface area (Å²) in [6, 6.07) is 0. The van der Waals surface area contributed by atoms with Gasteiger partial charge < -0.3 is 9.80 Å². The van der Waals surface area contributed by atoms with Crippen LogP contribution in [-0.4, -0.2) is 54.9 Å². The molecule has 0 bridgehead atoms. The molecule has 0 spiro atoms. The molecule has 1 aromatic rings. The third kappa shape index (κ3) is 3.08. The number of rotatable bonds is 4. The van der Waals surface area contributed by atoms with Gasteiger partial charge in [-0.05, 0) is 14.1 Å². The Kier molecular flexibility index (Phi) is 4.03. The van der Waals surface area contributed by atoms with E-state index in [0.717, 1.165) is 13.1 Å². The SMILES string of the molecule is CN(C)CCN(C)C(=O)c1cscn1. The molecule has 1 rings (SSSR count). The highest BCUT2D eigenvalue weighted by atomic mass is 32.1. The summed E-state index contributed by atoms with van der Waals surface area (Å²) in [6.07, 6.45) is 0. The van der Waals surface area contributed by atoms with E-state index in [4.69, 9.17) is 0 Å². The Hall–Kier alpha value is -0.940. The molecule has 1 aromatic heterocycles. The summed E-state index contributed by atoms with van der Waals surface area (Å²) < 4.78 is 0. The Morgan fingerprint density at radius 1 is 1.43 bits per heavy atom. The predicted octanol–water partition coefficient (Wildman–Crippen LogP) is 0.777. The van der Waals surface area contributed by atoms with Gasteiger partial charge in [0.15, 0.2) is 0 Å². The zero-order valence-electron chi connectivity index (χ0n) is 8.73. The second-order valence-corrected chi connectivity index (χ2v) is 4.12. The van der Waals surface area contributed by atoms with E-state index in [1.165, 1.54) is 11.3 Å². The second-order valence-electron chi connectivity index (χ2n) is 3.40. The zero-order chi connectivity index (χ0) is 10.6. The van der Waals surface area contributed by atoms with Crippen LogP contribution in [0.2, 0.25) is 0 Å². The molecule has 1 amide bonds. The Bertz CT molecular complexity index is 284. The average Bonchev–Trinajstić information content (AvgIpc) is 2.65. The minimum absolute atomic E-state index is 0.00639. The fourth-order valence-electron chi connectivity index (χ4n) is 0.965. The molecule has 5 heteroatoms. The summed E-state index contributed by atoms with van der Waals surface area (Å²) >= 11 is 1.44. The maximum absolute atomic E-state index is 11.7. The van der Waals surface area contributed by atoms with Gasteiger partial charge >= 0.3 is 0 Å². The zero-order valence-corrected chi connectivity index (χ0v) is 9.54. The maximum Gasteiger partial charge on any atom is 0.273 e. The molecular formula is C9H15N3OS. The molecule has 4 nitrogen and oxygen atoms in total. The smallest absolute Gasteiger partial charge is 0.273 e. The van der Waals surface area contributed by atoms with Crippen LogP contribution in [0.5, 0.6) is 0 Å². The molecule has 0 radical (unpaired) electrons. The Balaban J connectivity index is 2.45. The van der Waals surface area contributed by atoms with Gasteiger partial charge in [-0.2, -0.15) is 0 Å². The second kappa shape index (κ2) is 5.07. The molecule has 14 heavy (non-hydrogen) atoms. The van der Waals surface area contributed by atoms with E-state index in [1.807, 2.05) is 19.0 Å². The molecule has 0 aromatic carbocycles. The predicted molar refractivity (Wildman–Crippen MR) is 57.6 cm³/mol. The van der Waals surface area contributed by atoms with Crippen LogP contribution in [0.4, 0.5) is 0 Å². The highest BCUT2D eigenvalue weighted by Crippen LogP contribution is 2.03. The number of carbonyl (C=O) groups is 1. The topological polar surface area (TPSA) is 36.4 Å². The monoisotopic (exact) mass is 213 g/mol. The van der Waals surface area contributed by atoms with Crippen molar-refractivity contribution in [1.29, 1.82) is 0 Å². The number of thiazole rings is 1. The van der Waals surface area contributed by atoms with Crippen molar-refractivity contribution in [2.24, 2.45) is 0 Å². The molecule has 0 atom stereocenters. The van der Waals surface area contributed by atoms with E-state index >= 15 is 0 Å². The number of aromatic nitrogens is 1. The fraction of sp³-hybridized carbons (Fsp3) is 0.556. The number of hydrogen-bond donors (Lipinski definition) is 0. The highest BCUT2D eigenvalue weighted by Gasteiger charge is 2.12. The summed E-state index contributed by atoms with van der Waals surface area (Å²) in [5.41, 5.74) is 2.21. The van der Waals surface area contributed by atoms with Crippen LogP contribution in [0.1, 0.15) is 10.5 Å². The number of likely N-dealkylation sites (N-methyl/N-ethyl adjacent to an activating group) is 2. The van der Waals surface area contributed by atoms with Crippen LogP contribution in [0, 0.1) is 0 Å². The molecule has 0 saturated carbocycles. The number of amides is 1. The van der Waals surface area contributed by atoms with E-state index < -0.39 is 0 Å². The van der Waals surface area contributed by atoms with Gasteiger partial charge in [0.1, 0.15) is 5.69 Å². The first-order chi connectivity index (χ1) is 6.61. The van der Waals surface area contributed by atoms with Crippen molar-refractivity contribution < 1.29 is 4.79 Å². The van der Waals surface area contributed by atoms with E-state index in [-0.39, 0.29) is 5.91 Å². The maximum atomic E-state index is 11.7. The Labute approximate surface area is 88.2 Å². The van der Waals surface area contributed by atoms with Crippen LogP contribution in [-0.2, 0) is 0 Å². The Morgan fingerprint density at radius 3 is 2.64 bits per heavy atom. The summed E-state index contributed by atoms with van der Waals surface area (Å²) in [6.45, 7) is 1.59. The van der Waals surface area contributed by atoms with E-state index in [0.29, 0.717) is 5.69 Å². The van der Waals surface area contributed by atoms with Crippen molar-refractivity contribution in [2.75, 3.05) is 34.2 Å². The minimum Gasteiger partial charge on any atom is -0.339 e. The van der Waals surface area contributed by atoms with Gasteiger partial charge in [-0.15, -0.1) is 11.3 Å². The van der Waals surface area contributed by atoms with Crippen LogP contribution in [0.3, 0.4) is 0 Å². The van der Waals surface area contributed by atoms with Gasteiger partial charge in [0.2, 0.25) is 0 Å². The van der Waals surface area contributed by atoms with Crippen LogP contribution < -0.4 is 0 Å². The quantitative estimate of drug-likeness (QED) is 0.741. The van der Waals surface area contributed by atoms with Crippen molar-refractivity contribution >= 4 is 17.2 Å². The normalized spacial score (nSPS) is 10.6. The molecule has 0 aliphatic heterocycles. The fourth-order valence-corrected chi connectivity index (χ4v) is 1.49. The molecule has 0 unspecified atom stereocenters. The third-order valence-corrected chi connectivity index (χ3v) is 2.47. The first kappa shape index (κ1) is 11.1. The molecule has 0 aliphatic carbocycles. The van der Waals surface area contributed by atoms with Crippen LogP contribution in [0.15, 0.2) is 10.9 Å². The van der Waals surface area contributed by atoms with Crippen molar-refractivity contribution in [3.05, 3.63) is 16.6 Å². The van der Waals surface area contributed by atoms with E-state index in [2.05, 4.69) is 4.98 Å². The van der Waals surface area contributed by atoms with Gasteiger partial charge in [-0.3, -0.25) is 4.79 Å². The van der Waals surface area contributed by atoms with E-state index in [9.17, 15) is 4.79 Å². The molecule has 78 valence electrons. The highest BCUT2D eigenvalue weighted by molar-refractivity contribution is 7.07. The first-order valence-corrected chi connectivity index (χ1v) is 5.34. The lowest BCUT2D eigenvalue weighted by Gasteiger charge is -2.18. The molecular weight excluding hydrogens is 198 g/mol. The lowest BCUT2D eigenvalue weighted by Crippen LogP contribution is -2.33. The van der Waals surface area contributed by atoms with Gasteiger partial charge in [-0.1, -0.05) is 0 Å². The van der Waals surface area contributed by atoms with Crippen molar-refractivity contribution in [1.82, 2.24) is 14.8 Å². The third-order valence-electron chi connectivity index (χ3n) is 1.88. The van der Waals surface area contributed by atoms with Gasteiger partial charge in [0.05, 0.1) is 5.51 Å². The summed E-state index contributed by atoms with van der Waals surface area (Å²) in [5.74, 6) is -0.00639. The molecule has 0 aliphatic rings. The summed E-state index contributed by atoms with van der Waals surface area (Å²) in [5, 5.41) is 1.77. The first-order valence-electron chi connectivity index (χ1n) is 4.39. The minimum atomic E-state index is -0.00639. The molecule has 0 saturated heterocycles. The summed E-state index contributed by atoms with van der Waals surface area (Å²) in [4.78, 5) is 19.4. The van der Waals surface area contributed by atoms with Gasteiger partial charge in [-0.25, -0.2) is 4.98 Å². The van der Waals surface area contributed by atoms with Crippen LogP contribution >= 0.6 is 11.3 Å². The van der Waals surface area contributed by atoms with Gasteiger partial charge in [0.25, 0.3) is 5.91 Å². The Morgan fingerprint density at radius 2 is 2.14 bits per heavy atom. The molecule has 0 N–H and O–H groups in total. The molecule has 1 heterocycles. The number of nitrogens with zero attached hydrogens (tertiary/aromatic N) is 3.